The third-order valence-electron chi connectivity index (χ3n) is 10.5. The Kier molecular flexibility index (Phi) is 10.0. The molecule has 0 saturated heterocycles. The van der Waals surface area contributed by atoms with Crippen molar-refractivity contribution < 1.29 is 9.31 Å². The first-order valence-corrected chi connectivity index (χ1v) is 18.6. The molecule has 0 bridgehead atoms. The van der Waals surface area contributed by atoms with Crippen molar-refractivity contribution in [3.63, 3.8) is 0 Å². The Labute approximate surface area is 302 Å². The van der Waals surface area contributed by atoms with Gasteiger partial charge in [-0.25, -0.2) is 10.7 Å². The van der Waals surface area contributed by atoms with Gasteiger partial charge in [0.25, 0.3) is 0 Å². The molecule has 0 atom stereocenters. The number of hydrogen-bond donors (Lipinski definition) is 0. The molecule has 3 aromatic carbocycles. The predicted octanol–water partition coefficient (Wildman–Crippen LogP) is 10.9. The SMILES string of the molecule is CC(C)CN1/C(=C/C=C2\CCCC(C=[C-]C3=[N+](CC(C)C)c4ccccc4C3(C)C)=C2Oc2ccc(N(C)C)cc2)C(C)(C)c2ccccc21. The minimum atomic E-state index is -0.147. The van der Waals surface area contributed by atoms with Crippen LogP contribution in [0.1, 0.15) is 85.8 Å². The Balaban J connectivity index is 1.46. The number of fused-ring (bicyclic) bond motifs is 2. The minimum Gasteiger partial charge on any atom is -0.476 e. The number of anilines is 2. The standard InChI is InChI=1S/C46H57N3O/c1-32(2)30-48-40-20-13-11-18-38(40)45(5,6)42(48)28-22-34-16-15-17-35(44(34)50-37-26-24-36(25-27-37)47(9)10)23-29-43-46(7,8)39-19-12-14-21-41(39)49(43)31-33(3)4/h11-14,18-28,32-33H,15-17,30-31H2,1-10H3. The average Bonchev–Trinajstić information content (AvgIpc) is 3.41. The highest BCUT2D eigenvalue weighted by Gasteiger charge is 2.42. The lowest BCUT2D eigenvalue weighted by Crippen LogP contribution is -2.29. The van der Waals surface area contributed by atoms with Gasteiger partial charge in [-0.1, -0.05) is 96.9 Å². The van der Waals surface area contributed by atoms with Crippen molar-refractivity contribution in [1.82, 2.24) is 0 Å². The van der Waals surface area contributed by atoms with Gasteiger partial charge in [-0.3, -0.25) is 0 Å². The molecular weight excluding hydrogens is 611 g/mol. The van der Waals surface area contributed by atoms with Crippen molar-refractivity contribution in [3.8, 4) is 5.75 Å². The summed E-state index contributed by atoms with van der Waals surface area (Å²) in [5.74, 6) is 2.88. The van der Waals surface area contributed by atoms with E-state index in [9.17, 15) is 0 Å². The second kappa shape index (κ2) is 14.1. The Morgan fingerprint density at radius 2 is 1.50 bits per heavy atom. The van der Waals surface area contributed by atoms with Gasteiger partial charge in [-0.2, -0.15) is 11.6 Å². The highest BCUT2D eigenvalue weighted by molar-refractivity contribution is 6.00. The van der Waals surface area contributed by atoms with E-state index in [1.54, 1.807) is 0 Å². The van der Waals surface area contributed by atoms with E-state index in [4.69, 9.17) is 4.74 Å². The lowest BCUT2D eigenvalue weighted by atomic mass is 9.81. The molecule has 3 aliphatic rings. The Hall–Kier alpha value is -4.31. The Morgan fingerprint density at radius 3 is 2.18 bits per heavy atom. The zero-order valence-electron chi connectivity index (χ0n) is 32.1. The third-order valence-corrected chi connectivity index (χ3v) is 10.5. The molecule has 4 heteroatoms. The van der Waals surface area contributed by atoms with Gasteiger partial charge in [0.05, 0.1) is 11.2 Å². The quantitative estimate of drug-likeness (QED) is 0.158. The molecule has 6 rings (SSSR count). The smallest absolute Gasteiger partial charge is 0.208 e. The van der Waals surface area contributed by atoms with Crippen molar-refractivity contribution in [2.45, 2.75) is 85.5 Å². The summed E-state index contributed by atoms with van der Waals surface area (Å²) in [4.78, 5) is 4.66. The molecule has 0 N–H and O–H groups in total. The minimum absolute atomic E-state index is 0.0972. The van der Waals surface area contributed by atoms with Crippen molar-refractivity contribution in [3.05, 3.63) is 131 Å². The number of nitrogens with zero attached hydrogens (tertiary/aromatic N) is 3. The van der Waals surface area contributed by atoms with Gasteiger partial charge >= 0.3 is 0 Å². The van der Waals surface area contributed by atoms with Crippen LogP contribution >= 0.6 is 0 Å². The van der Waals surface area contributed by atoms with E-state index in [1.165, 1.54) is 45.1 Å². The van der Waals surface area contributed by atoms with Crippen LogP contribution in [-0.2, 0) is 10.8 Å². The molecule has 4 nitrogen and oxygen atoms in total. The number of rotatable bonds is 10. The molecular formula is C46H57N3O. The lowest BCUT2D eigenvalue weighted by Gasteiger charge is -2.30. The van der Waals surface area contributed by atoms with Gasteiger partial charge in [0.15, 0.2) is 0 Å². The Morgan fingerprint density at radius 1 is 0.820 bits per heavy atom. The van der Waals surface area contributed by atoms with E-state index < -0.39 is 0 Å². The van der Waals surface area contributed by atoms with E-state index in [0.29, 0.717) is 11.8 Å². The van der Waals surface area contributed by atoms with Crippen molar-refractivity contribution in [2.75, 3.05) is 37.0 Å². The van der Waals surface area contributed by atoms with Crippen LogP contribution in [0.4, 0.5) is 17.1 Å². The highest BCUT2D eigenvalue weighted by atomic mass is 16.5. The van der Waals surface area contributed by atoms with Crippen LogP contribution in [0.25, 0.3) is 0 Å². The maximum atomic E-state index is 6.91. The van der Waals surface area contributed by atoms with Crippen LogP contribution in [0.3, 0.4) is 0 Å². The van der Waals surface area contributed by atoms with Gasteiger partial charge in [0.2, 0.25) is 5.69 Å². The van der Waals surface area contributed by atoms with E-state index in [-0.39, 0.29) is 10.8 Å². The molecule has 0 unspecified atom stereocenters. The maximum Gasteiger partial charge on any atom is 0.208 e. The number of ether oxygens (including phenoxy) is 1. The fourth-order valence-corrected chi connectivity index (χ4v) is 7.93. The molecule has 0 aromatic heterocycles. The first kappa shape index (κ1) is 35.5. The van der Waals surface area contributed by atoms with Crippen LogP contribution in [-0.4, -0.2) is 37.5 Å². The van der Waals surface area contributed by atoms with Crippen molar-refractivity contribution in [2.24, 2.45) is 11.8 Å². The summed E-state index contributed by atoms with van der Waals surface area (Å²) in [5, 5.41) is 0. The van der Waals surface area contributed by atoms with Crippen molar-refractivity contribution >= 4 is 22.8 Å². The monoisotopic (exact) mass is 667 g/mol. The van der Waals surface area contributed by atoms with Gasteiger partial charge in [-0.15, -0.1) is 0 Å². The van der Waals surface area contributed by atoms with Crippen molar-refractivity contribution in [1.29, 1.82) is 0 Å². The second-order valence-electron chi connectivity index (χ2n) is 16.4. The molecule has 0 amide bonds. The van der Waals surface area contributed by atoms with Gasteiger partial charge < -0.3 is 14.5 Å². The van der Waals surface area contributed by atoms with E-state index in [0.717, 1.165) is 49.5 Å². The molecule has 0 radical (unpaired) electrons. The summed E-state index contributed by atoms with van der Waals surface area (Å²) in [5.41, 5.74) is 11.3. The largest absolute Gasteiger partial charge is 0.476 e. The molecule has 3 aromatic rings. The zero-order valence-corrected chi connectivity index (χ0v) is 32.1. The van der Waals surface area contributed by atoms with Crippen LogP contribution < -0.4 is 14.5 Å². The van der Waals surface area contributed by atoms with Crippen LogP contribution in [0, 0.1) is 17.9 Å². The summed E-state index contributed by atoms with van der Waals surface area (Å²) in [6.07, 6.45) is 13.8. The molecule has 0 saturated carbocycles. The maximum absolute atomic E-state index is 6.91. The molecule has 50 heavy (non-hydrogen) atoms. The summed E-state index contributed by atoms with van der Waals surface area (Å²) >= 11 is 0. The lowest BCUT2D eigenvalue weighted by molar-refractivity contribution is -0.445. The predicted molar refractivity (Wildman–Crippen MR) is 212 cm³/mol. The van der Waals surface area contributed by atoms with Gasteiger partial charge in [0.1, 0.15) is 18.0 Å². The summed E-state index contributed by atoms with van der Waals surface area (Å²) in [7, 11) is 4.14. The summed E-state index contributed by atoms with van der Waals surface area (Å²) in [6, 6.07) is 26.2. The zero-order chi connectivity index (χ0) is 35.8. The molecule has 1 aliphatic carbocycles. The van der Waals surface area contributed by atoms with Crippen LogP contribution in [0.2, 0.25) is 0 Å². The fourth-order valence-electron chi connectivity index (χ4n) is 7.93. The topological polar surface area (TPSA) is 18.7 Å². The highest BCUT2D eigenvalue weighted by Crippen LogP contribution is 2.48. The Bertz CT molecular complexity index is 1880. The van der Waals surface area contributed by atoms with Gasteiger partial charge in [-0.05, 0) is 73.7 Å². The summed E-state index contributed by atoms with van der Waals surface area (Å²) < 4.78 is 9.40. The average molecular weight is 668 g/mol. The van der Waals surface area contributed by atoms with Crippen LogP contribution in [0.5, 0.6) is 5.75 Å². The molecule has 2 heterocycles. The molecule has 2 aliphatic heterocycles. The van der Waals surface area contributed by atoms with Crippen LogP contribution in [0.15, 0.2) is 114 Å². The first-order valence-electron chi connectivity index (χ1n) is 18.6. The van der Waals surface area contributed by atoms with Gasteiger partial charge in [0, 0.05) is 60.7 Å². The van der Waals surface area contributed by atoms with E-state index in [2.05, 4.69) is 181 Å². The number of para-hydroxylation sites is 2. The number of benzene rings is 3. The first-order chi connectivity index (χ1) is 23.8. The second-order valence-corrected chi connectivity index (χ2v) is 16.4. The van der Waals surface area contributed by atoms with E-state index >= 15 is 0 Å². The number of hydrogen-bond acceptors (Lipinski definition) is 3. The summed E-state index contributed by atoms with van der Waals surface area (Å²) in [6.45, 7) is 20.5. The van der Waals surface area contributed by atoms with E-state index in [1.807, 2.05) is 0 Å². The molecule has 0 spiro atoms. The number of allylic oxidation sites excluding steroid dienone is 7. The molecule has 0 fully saturated rings. The fraction of sp³-hybridized carbons (Fsp3) is 0.413. The normalized spacial score (nSPS) is 19.8. The molecule has 262 valence electrons. The third kappa shape index (κ3) is 6.87.